The zero-order chi connectivity index (χ0) is 15.1. The third-order valence-corrected chi connectivity index (χ3v) is 4.62. The van der Waals surface area contributed by atoms with Gasteiger partial charge in [0, 0.05) is 5.56 Å². The maximum absolute atomic E-state index is 14.2. The van der Waals surface area contributed by atoms with Gasteiger partial charge in [-0.25, -0.2) is 4.39 Å². The molecule has 2 N–H and O–H groups in total. The standard InChI is InChI=1S/C13H6Cl3FN2OS/c14-7-3-1-2-5(10(7)17)9-11(20-19-13(9)18)6-4-8(15)21-12(6)16/h1-4H,(H2,18,19). The fourth-order valence-corrected chi connectivity index (χ4v) is 3.57. The molecule has 0 unspecified atom stereocenters. The Hall–Kier alpha value is -1.27. The fraction of sp³-hybridized carbons (Fsp3) is 0. The maximum Gasteiger partial charge on any atom is 0.179 e. The second-order valence-electron chi connectivity index (χ2n) is 4.11. The number of thiophene rings is 1. The third-order valence-electron chi connectivity index (χ3n) is 2.84. The lowest BCUT2D eigenvalue weighted by Crippen LogP contribution is -1.92. The number of nitrogen functional groups attached to an aromatic ring is 1. The Bertz CT molecular complexity index is 831. The Morgan fingerprint density at radius 3 is 2.62 bits per heavy atom. The number of hydrogen-bond acceptors (Lipinski definition) is 4. The maximum atomic E-state index is 14.2. The van der Waals surface area contributed by atoms with E-state index in [4.69, 9.17) is 45.1 Å². The van der Waals surface area contributed by atoms with Gasteiger partial charge in [-0.15, -0.1) is 11.3 Å². The van der Waals surface area contributed by atoms with Crippen LogP contribution in [-0.2, 0) is 0 Å². The van der Waals surface area contributed by atoms with Gasteiger partial charge in [-0.2, -0.15) is 0 Å². The van der Waals surface area contributed by atoms with Gasteiger partial charge in [0.2, 0.25) is 0 Å². The van der Waals surface area contributed by atoms with Crippen LogP contribution >= 0.6 is 46.1 Å². The molecule has 0 radical (unpaired) electrons. The van der Waals surface area contributed by atoms with Gasteiger partial charge in [0.25, 0.3) is 0 Å². The molecule has 21 heavy (non-hydrogen) atoms. The molecule has 2 heterocycles. The Morgan fingerprint density at radius 1 is 1.19 bits per heavy atom. The Morgan fingerprint density at radius 2 is 1.95 bits per heavy atom. The van der Waals surface area contributed by atoms with Crippen LogP contribution in [0.25, 0.3) is 22.5 Å². The van der Waals surface area contributed by atoms with Crippen molar-refractivity contribution in [3.8, 4) is 22.5 Å². The Kier molecular flexibility index (Phi) is 3.84. The monoisotopic (exact) mass is 362 g/mol. The molecule has 0 aliphatic carbocycles. The number of rotatable bonds is 2. The number of nitrogens with zero attached hydrogens (tertiary/aromatic N) is 1. The van der Waals surface area contributed by atoms with Gasteiger partial charge < -0.3 is 10.3 Å². The number of nitrogens with two attached hydrogens (primary N) is 1. The van der Waals surface area contributed by atoms with Gasteiger partial charge in [-0.05, 0) is 12.1 Å². The normalized spacial score (nSPS) is 11.0. The van der Waals surface area contributed by atoms with Crippen molar-refractivity contribution in [2.24, 2.45) is 0 Å². The lowest BCUT2D eigenvalue weighted by molar-refractivity contribution is 0.436. The highest BCUT2D eigenvalue weighted by molar-refractivity contribution is 7.20. The molecule has 0 amide bonds. The van der Waals surface area contributed by atoms with Crippen molar-refractivity contribution in [3.05, 3.63) is 43.8 Å². The van der Waals surface area contributed by atoms with E-state index >= 15 is 0 Å². The fourth-order valence-electron chi connectivity index (χ4n) is 1.94. The van der Waals surface area contributed by atoms with E-state index in [9.17, 15) is 4.39 Å². The van der Waals surface area contributed by atoms with Crippen molar-refractivity contribution in [1.29, 1.82) is 0 Å². The number of anilines is 1. The molecular weight excluding hydrogens is 358 g/mol. The summed E-state index contributed by atoms with van der Waals surface area (Å²) in [6.07, 6.45) is 0. The average molecular weight is 364 g/mol. The molecule has 108 valence electrons. The molecule has 3 nitrogen and oxygen atoms in total. The van der Waals surface area contributed by atoms with Gasteiger partial charge in [-0.3, -0.25) is 0 Å². The van der Waals surface area contributed by atoms with Crippen LogP contribution in [0, 0.1) is 5.82 Å². The van der Waals surface area contributed by atoms with Gasteiger partial charge >= 0.3 is 0 Å². The van der Waals surface area contributed by atoms with Gasteiger partial charge in [0.05, 0.1) is 20.5 Å². The first-order valence-electron chi connectivity index (χ1n) is 5.63. The van der Waals surface area contributed by atoms with E-state index in [-0.39, 0.29) is 22.2 Å². The molecule has 1 aromatic carbocycles. The first-order valence-corrected chi connectivity index (χ1v) is 7.58. The molecule has 0 spiro atoms. The molecule has 2 aromatic heterocycles. The van der Waals surface area contributed by atoms with Gasteiger partial charge in [-0.1, -0.05) is 52.1 Å². The van der Waals surface area contributed by atoms with Crippen LogP contribution in [0.15, 0.2) is 28.8 Å². The van der Waals surface area contributed by atoms with E-state index in [0.29, 0.717) is 19.8 Å². The molecule has 0 bridgehead atoms. The van der Waals surface area contributed by atoms with Crippen molar-refractivity contribution in [2.45, 2.75) is 0 Å². The Balaban J connectivity index is 2.27. The molecule has 8 heteroatoms. The van der Waals surface area contributed by atoms with Crippen molar-refractivity contribution in [1.82, 2.24) is 5.16 Å². The summed E-state index contributed by atoms with van der Waals surface area (Å²) in [4.78, 5) is 0. The predicted molar refractivity (Wildman–Crippen MR) is 84.7 cm³/mol. The SMILES string of the molecule is Nc1noc(-c2cc(Cl)sc2Cl)c1-c1cccc(Cl)c1F. The molecule has 0 fully saturated rings. The summed E-state index contributed by atoms with van der Waals surface area (Å²) in [6, 6.07) is 6.20. The largest absolute Gasteiger partial charge is 0.380 e. The van der Waals surface area contributed by atoms with Crippen molar-refractivity contribution in [3.63, 3.8) is 0 Å². The summed E-state index contributed by atoms with van der Waals surface area (Å²) >= 11 is 19.0. The lowest BCUT2D eigenvalue weighted by Gasteiger charge is -2.04. The topological polar surface area (TPSA) is 52.0 Å². The average Bonchev–Trinajstić information content (AvgIpc) is 2.96. The van der Waals surface area contributed by atoms with Gasteiger partial charge in [0.15, 0.2) is 11.6 Å². The number of hydrogen-bond donors (Lipinski definition) is 1. The molecule has 0 atom stereocenters. The first-order chi connectivity index (χ1) is 9.99. The smallest absolute Gasteiger partial charge is 0.179 e. The molecule has 0 saturated heterocycles. The minimum Gasteiger partial charge on any atom is -0.380 e. The van der Waals surface area contributed by atoms with Crippen LogP contribution in [0.5, 0.6) is 0 Å². The van der Waals surface area contributed by atoms with Crippen molar-refractivity contribution >= 4 is 52.0 Å². The van der Waals surface area contributed by atoms with Crippen LogP contribution in [-0.4, -0.2) is 5.16 Å². The third kappa shape index (κ3) is 2.51. The quantitative estimate of drug-likeness (QED) is 0.630. The number of aromatic nitrogens is 1. The van der Waals surface area contributed by atoms with E-state index in [1.165, 1.54) is 23.5 Å². The minimum absolute atomic E-state index is 0.0199. The van der Waals surface area contributed by atoms with E-state index in [1.54, 1.807) is 12.1 Å². The Labute approximate surface area is 138 Å². The summed E-state index contributed by atoms with van der Waals surface area (Å²) in [7, 11) is 0. The predicted octanol–water partition coefficient (Wildman–Crippen LogP) is 5.75. The highest BCUT2D eigenvalue weighted by atomic mass is 35.5. The lowest BCUT2D eigenvalue weighted by atomic mass is 10.0. The minimum atomic E-state index is -0.604. The van der Waals surface area contributed by atoms with Crippen LogP contribution in [0.4, 0.5) is 10.2 Å². The molecule has 0 saturated carbocycles. The zero-order valence-electron chi connectivity index (χ0n) is 10.2. The summed E-state index contributed by atoms with van der Waals surface area (Å²) in [6.45, 7) is 0. The second kappa shape index (κ2) is 5.50. The molecule has 3 rings (SSSR count). The summed E-state index contributed by atoms with van der Waals surface area (Å²) < 4.78 is 20.3. The van der Waals surface area contributed by atoms with Crippen molar-refractivity contribution < 1.29 is 8.91 Å². The van der Waals surface area contributed by atoms with E-state index < -0.39 is 5.82 Å². The number of halogens is 4. The van der Waals surface area contributed by atoms with E-state index in [1.807, 2.05) is 0 Å². The molecule has 3 aromatic rings. The molecule has 0 aliphatic heterocycles. The van der Waals surface area contributed by atoms with E-state index in [2.05, 4.69) is 5.16 Å². The summed E-state index contributed by atoms with van der Waals surface area (Å²) in [5, 5.41) is 3.67. The number of benzene rings is 1. The first kappa shape index (κ1) is 14.7. The van der Waals surface area contributed by atoms with Crippen LogP contribution in [0.3, 0.4) is 0 Å². The van der Waals surface area contributed by atoms with Gasteiger partial charge in [0.1, 0.15) is 10.2 Å². The van der Waals surface area contributed by atoms with Crippen molar-refractivity contribution in [2.75, 3.05) is 5.73 Å². The van der Waals surface area contributed by atoms with Crippen LogP contribution in [0.2, 0.25) is 13.7 Å². The van der Waals surface area contributed by atoms with Crippen LogP contribution < -0.4 is 5.73 Å². The zero-order valence-corrected chi connectivity index (χ0v) is 13.2. The second-order valence-corrected chi connectivity index (χ2v) is 6.80. The highest BCUT2D eigenvalue weighted by Gasteiger charge is 2.24. The molecular formula is C13H6Cl3FN2OS. The van der Waals surface area contributed by atoms with E-state index in [0.717, 1.165) is 0 Å². The molecule has 0 aliphatic rings. The van der Waals surface area contributed by atoms with Crippen LogP contribution in [0.1, 0.15) is 0 Å². The summed E-state index contributed by atoms with van der Waals surface area (Å²) in [5.74, 6) is -0.306. The highest BCUT2D eigenvalue weighted by Crippen LogP contribution is 2.45. The summed E-state index contributed by atoms with van der Waals surface area (Å²) in [5.41, 5.74) is 6.79.